The van der Waals surface area contributed by atoms with Crippen LogP contribution in [-0.2, 0) is 11.2 Å². The van der Waals surface area contributed by atoms with Crippen molar-refractivity contribution in [3.63, 3.8) is 0 Å². The number of aliphatic hydroxyl groups excluding tert-OH is 1. The van der Waals surface area contributed by atoms with Gasteiger partial charge < -0.3 is 19.1 Å². The van der Waals surface area contributed by atoms with Crippen molar-refractivity contribution in [2.75, 3.05) is 19.6 Å². The fourth-order valence-corrected chi connectivity index (χ4v) is 3.63. The summed E-state index contributed by atoms with van der Waals surface area (Å²) in [5, 5.41) is 9.55. The molecular weight excluding hydrogens is 322 g/mol. The molecule has 126 valence electrons. The topological polar surface area (TPSA) is 77.8 Å². The summed E-state index contributed by atoms with van der Waals surface area (Å²) in [7, 11) is 1.36. The highest BCUT2D eigenvalue weighted by molar-refractivity contribution is 6.18. The van der Waals surface area contributed by atoms with Crippen molar-refractivity contribution in [2.24, 2.45) is 5.92 Å². The fourth-order valence-electron chi connectivity index (χ4n) is 3.37. The molecule has 1 saturated carbocycles. The van der Waals surface area contributed by atoms with Crippen LogP contribution in [0.3, 0.4) is 0 Å². The lowest BCUT2D eigenvalue weighted by Gasteiger charge is -2.33. The normalized spacial score (nSPS) is 25.6. The van der Waals surface area contributed by atoms with Gasteiger partial charge in [-0.1, -0.05) is 0 Å². The van der Waals surface area contributed by atoms with Gasteiger partial charge in [0, 0.05) is 17.6 Å². The van der Waals surface area contributed by atoms with Gasteiger partial charge in [-0.25, -0.2) is 4.79 Å². The van der Waals surface area contributed by atoms with E-state index in [0.717, 1.165) is 18.5 Å². The minimum atomic E-state index is -0.570. The van der Waals surface area contributed by atoms with Gasteiger partial charge in [0.05, 0.1) is 19.8 Å². The molecule has 1 unspecified atom stereocenters. The first kappa shape index (κ1) is 16.3. The fraction of sp³-hybridized carbons (Fsp3) is 0.625. The lowest BCUT2D eigenvalue weighted by atomic mass is 9.84. The SMILES string of the molecule is COc1c(C(=O)OC2CC(CCl)C2)n2c(cc1=O)CCC2CO. The third kappa shape index (κ3) is 2.85. The van der Waals surface area contributed by atoms with Crippen LogP contribution in [0.5, 0.6) is 5.75 Å². The van der Waals surface area contributed by atoms with Crippen LogP contribution >= 0.6 is 11.6 Å². The molecular formula is C16H20ClNO5. The molecule has 0 amide bonds. The van der Waals surface area contributed by atoms with E-state index in [4.69, 9.17) is 21.1 Å². The molecule has 7 heteroatoms. The van der Waals surface area contributed by atoms with Gasteiger partial charge in [0.25, 0.3) is 0 Å². The van der Waals surface area contributed by atoms with Crippen LogP contribution in [0.15, 0.2) is 10.9 Å². The lowest BCUT2D eigenvalue weighted by Crippen LogP contribution is -2.35. The van der Waals surface area contributed by atoms with E-state index in [1.54, 1.807) is 4.57 Å². The first-order valence-corrected chi connectivity index (χ1v) is 8.32. The number of methoxy groups -OCH3 is 1. The van der Waals surface area contributed by atoms with E-state index >= 15 is 0 Å². The van der Waals surface area contributed by atoms with E-state index in [1.807, 2.05) is 0 Å². The minimum absolute atomic E-state index is 0.0210. The molecule has 3 rings (SSSR count). The van der Waals surface area contributed by atoms with Gasteiger partial charge >= 0.3 is 5.97 Å². The van der Waals surface area contributed by atoms with Crippen molar-refractivity contribution in [3.8, 4) is 5.75 Å². The summed E-state index contributed by atoms with van der Waals surface area (Å²) in [5.74, 6) is 0.349. The molecule has 0 spiro atoms. The number of rotatable bonds is 5. The standard InChI is InChI=1S/C16H20ClNO5/c1-22-15-13(20)6-10-2-3-11(8-19)18(10)14(15)16(21)23-12-4-9(5-12)7-17/h6,9,11-12,19H,2-5,7-8H2,1H3. The highest BCUT2D eigenvalue weighted by Crippen LogP contribution is 2.34. The number of aliphatic hydroxyl groups is 1. The van der Waals surface area contributed by atoms with E-state index < -0.39 is 5.97 Å². The number of nitrogens with zero attached hydrogens (tertiary/aromatic N) is 1. The molecule has 23 heavy (non-hydrogen) atoms. The Morgan fingerprint density at radius 2 is 2.22 bits per heavy atom. The molecule has 1 aromatic heterocycles. The Balaban J connectivity index is 1.93. The zero-order valence-electron chi connectivity index (χ0n) is 13.0. The van der Waals surface area contributed by atoms with E-state index in [9.17, 15) is 14.7 Å². The average Bonchev–Trinajstić information content (AvgIpc) is 2.90. The summed E-state index contributed by atoms with van der Waals surface area (Å²) in [6, 6.07) is 1.23. The maximum atomic E-state index is 12.6. The molecule has 1 atom stereocenters. The molecule has 1 aromatic rings. The van der Waals surface area contributed by atoms with E-state index in [2.05, 4.69) is 0 Å². The Morgan fingerprint density at radius 1 is 1.48 bits per heavy atom. The van der Waals surface area contributed by atoms with E-state index in [1.165, 1.54) is 13.2 Å². The van der Waals surface area contributed by atoms with Crippen LogP contribution in [0.25, 0.3) is 0 Å². The molecule has 6 nitrogen and oxygen atoms in total. The number of alkyl halides is 1. The maximum Gasteiger partial charge on any atom is 0.359 e. The monoisotopic (exact) mass is 341 g/mol. The zero-order chi connectivity index (χ0) is 16.6. The van der Waals surface area contributed by atoms with E-state index in [0.29, 0.717) is 24.6 Å². The number of hydrogen-bond donors (Lipinski definition) is 1. The number of halogens is 1. The Hall–Kier alpha value is -1.53. The molecule has 0 radical (unpaired) electrons. The summed E-state index contributed by atoms with van der Waals surface area (Å²) in [5.41, 5.74) is 0.506. The van der Waals surface area contributed by atoms with E-state index in [-0.39, 0.29) is 35.6 Å². The van der Waals surface area contributed by atoms with Gasteiger partial charge in [-0.15, -0.1) is 11.6 Å². The van der Waals surface area contributed by atoms with Crippen molar-refractivity contribution in [2.45, 2.75) is 37.8 Å². The summed E-state index contributed by atoms with van der Waals surface area (Å²) in [4.78, 5) is 24.8. The Kier molecular flexibility index (Phi) is 4.64. The number of esters is 1. The van der Waals surface area contributed by atoms with Crippen LogP contribution in [0, 0.1) is 5.92 Å². The molecule has 1 N–H and O–H groups in total. The number of hydrogen-bond acceptors (Lipinski definition) is 5. The smallest absolute Gasteiger partial charge is 0.359 e. The quantitative estimate of drug-likeness (QED) is 0.649. The van der Waals surface area contributed by atoms with Crippen LogP contribution < -0.4 is 10.2 Å². The molecule has 0 bridgehead atoms. The van der Waals surface area contributed by atoms with Gasteiger partial charge in [-0.2, -0.15) is 0 Å². The molecule has 2 aliphatic rings. The molecule has 1 fully saturated rings. The molecule has 1 aliphatic carbocycles. The predicted octanol–water partition coefficient (Wildman–Crippen LogP) is 1.51. The number of pyridine rings is 1. The van der Waals surface area contributed by atoms with Crippen LogP contribution in [0.2, 0.25) is 0 Å². The largest absolute Gasteiger partial charge is 0.491 e. The Labute approximate surface area is 139 Å². The summed E-state index contributed by atoms with van der Waals surface area (Å²) >= 11 is 5.77. The number of ether oxygens (including phenoxy) is 2. The molecule has 0 aromatic carbocycles. The number of aryl methyl sites for hydroxylation is 1. The number of fused-ring (bicyclic) bond motifs is 1. The van der Waals surface area contributed by atoms with Gasteiger partial charge in [-0.3, -0.25) is 4.79 Å². The van der Waals surface area contributed by atoms with Crippen LogP contribution in [0.4, 0.5) is 0 Å². The second-order valence-corrected chi connectivity index (χ2v) is 6.45. The molecule has 1 aliphatic heterocycles. The maximum absolute atomic E-state index is 12.6. The second kappa shape index (κ2) is 6.53. The Morgan fingerprint density at radius 3 is 2.83 bits per heavy atom. The number of carbonyl (C=O) groups is 1. The number of carbonyl (C=O) groups excluding carboxylic acids is 1. The van der Waals surface area contributed by atoms with Gasteiger partial charge in [0.1, 0.15) is 6.10 Å². The second-order valence-electron chi connectivity index (χ2n) is 6.15. The summed E-state index contributed by atoms with van der Waals surface area (Å²) in [6.07, 6.45) is 2.64. The van der Waals surface area contributed by atoms with Crippen molar-refractivity contribution < 1.29 is 19.4 Å². The minimum Gasteiger partial charge on any atom is -0.491 e. The first-order valence-electron chi connectivity index (χ1n) is 7.79. The highest BCUT2D eigenvalue weighted by atomic mass is 35.5. The van der Waals surface area contributed by atoms with Crippen LogP contribution in [0.1, 0.15) is 41.5 Å². The lowest BCUT2D eigenvalue weighted by molar-refractivity contribution is -0.00840. The summed E-state index contributed by atoms with van der Waals surface area (Å²) < 4.78 is 12.3. The van der Waals surface area contributed by atoms with Gasteiger partial charge in [0.15, 0.2) is 11.4 Å². The van der Waals surface area contributed by atoms with Crippen molar-refractivity contribution in [1.29, 1.82) is 0 Å². The number of aromatic nitrogens is 1. The molecule has 2 heterocycles. The predicted molar refractivity (Wildman–Crippen MR) is 84.3 cm³/mol. The van der Waals surface area contributed by atoms with Gasteiger partial charge in [0.2, 0.25) is 5.43 Å². The van der Waals surface area contributed by atoms with Crippen molar-refractivity contribution in [1.82, 2.24) is 4.57 Å². The summed E-state index contributed by atoms with van der Waals surface area (Å²) in [6.45, 7) is -0.100. The van der Waals surface area contributed by atoms with Crippen molar-refractivity contribution >= 4 is 17.6 Å². The first-order chi connectivity index (χ1) is 11.1. The van der Waals surface area contributed by atoms with Crippen LogP contribution in [-0.4, -0.2) is 41.3 Å². The van der Waals surface area contributed by atoms with Crippen molar-refractivity contribution in [3.05, 3.63) is 27.7 Å². The zero-order valence-corrected chi connectivity index (χ0v) is 13.7. The third-order valence-corrected chi connectivity index (χ3v) is 5.11. The average molecular weight is 342 g/mol. The molecule has 0 saturated heterocycles. The highest BCUT2D eigenvalue weighted by Gasteiger charge is 2.36. The third-order valence-electron chi connectivity index (χ3n) is 4.68. The van der Waals surface area contributed by atoms with Gasteiger partial charge in [-0.05, 0) is 31.6 Å². The Bertz CT molecular complexity index is 665.